The maximum atomic E-state index is 12.5. The first kappa shape index (κ1) is 34.7. The predicted molar refractivity (Wildman–Crippen MR) is 152 cm³/mol. The molecule has 236 valence electrons. The highest BCUT2D eigenvalue weighted by molar-refractivity contribution is 5.75. The van der Waals surface area contributed by atoms with Gasteiger partial charge < -0.3 is 39.3 Å². The fourth-order valence-corrected chi connectivity index (χ4v) is 4.62. The van der Waals surface area contributed by atoms with Gasteiger partial charge in [0.1, 0.15) is 18.2 Å². The van der Waals surface area contributed by atoms with Crippen molar-refractivity contribution in [2.75, 3.05) is 13.2 Å². The van der Waals surface area contributed by atoms with Crippen molar-refractivity contribution in [3.63, 3.8) is 0 Å². The van der Waals surface area contributed by atoms with Gasteiger partial charge >= 0.3 is 24.4 Å². The van der Waals surface area contributed by atoms with Crippen LogP contribution < -0.4 is 15.2 Å². The highest BCUT2D eigenvalue weighted by atomic mass is 16.7. The lowest BCUT2D eigenvalue weighted by molar-refractivity contribution is -0.139. The topological polar surface area (TPSA) is 170 Å². The summed E-state index contributed by atoms with van der Waals surface area (Å²) in [7, 11) is 0. The molecule has 1 saturated carbocycles. The molecule has 0 radical (unpaired) electrons. The fraction of sp³-hybridized carbons (Fsp3) is 0.667. The van der Waals surface area contributed by atoms with E-state index in [4.69, 9.17) is 34.2 Å². The number of carbonyl (C=O) groups excluding carboxylic acids is 3. The minimum Gasteiger partial charge on any atom is -0.480 e. The van der Waals surface area contributed by atoms with Crippen molar-refractivity contribution >= 4 is 24.4 Å². The van der Waals surface area contributed by atoms with E-state index in [2.05, 4.69) is 0 Å². The quantitative estimate of drug-likeness (QED) is 0.100. The van der Waals surface area contributed by atoms with Gasteiger partial charge in [0.05, 0.1) is 13.2 Å². The molecule has 2 rings (SSSR count). The molecule has 0 spiro atoms. The Hall–Kier alpha value is -3.54. The van der Waals surface area contributed by atoms with Crippen LogP contribution in [0.5, 0.6) is 11.5 Å². The van der Waals surface area contributed by atoms with Crippen molar-refractivity contribution in [3.8, 4) is 11.5 Å². The van der Waals surface area contributed by atoms with Crippen LogP contribution >= 0.6 is 0 Å². The lowest BCUT2D eigenvalue weighted by atomic mass is 9.79. The van der Waals surface area contributed by atoms with Crippen LogP contribution in [0.2, 0.25) is 0 Å². The van der Waals surface area contributed by atoms with Gasteiger partial charge in [0.2, 0.25) is 0 Å². The van der Waals surface area contributed by atoms with E-state index in [-0.39, 0.29) is 30.8 Å². The van der Waals surface area contributed by atoms with E-state index < -0.39 is 48.4 Å². The lowest BCUT2D eigenvalue weighted by Gasteiger charge is -2.32. The predicted octanol–water partition coefficient (Wildman–Crippen LogP) is 6.32. The molecule has 42 heavy (non-hydrogen) atoms. The van der Waals surface area contributed by atoms with Gasteiger partial charge in [-0.25, -0.2) is 14.4 Å². The van der Waals surface area contributed by atoms with E-state index >= 15 is 0 Å². The third-order valence-corrected chi connectivity index (χ3v) is 7.25. The standard InChI is InChI=1S/C30H45NO11/c1-5-7-16-37-28(34)41-23-15-14-21(18-24(23)42-29(35)38-17-8-6-2)25(26(31)27(32)33)19(3)20(4)39-30(36)40-22-12-10-9-11-13-22/h14-15,18-20,22,25-26H,5-13,16-17,31H2,1-4H3,(H,32,33)/t19?,20?,25?,26-/m0/s1. The maximum Gasteiger partial charge on any atom is 0.513 e. The molecule has 0 aliphatic heterocycles. The Morgan fingerprint density at radius 1 is 0.881 bits per heavy atom. The van der Waals surface area contributed by atoms with E-state index in [9.17, 15) is 24.3 Å². The number of hydrogen-bond acceptors (Lipinski definition) is 11. The number of unbranched alkanes of at least 4 members (excludes halogenated alkanes) is 2. The molecule has 3 N–H and O–H groups in total. The number of rotatable bonds is 15. The van der Waals surface area contributed by atoms with Crippen molar-refractivity contribution in [3.05, 3.63) is 23.8 Å². The molecule has 1 aromatic carbocycles. The molecule has 12 heteroatoms. The Balaban J connectivity index is 2.31. The number of benzene rings is 1. The maximum absolute atomic E-state index is 12.5. The number of ether oxygens (including phenoxy) is 6. The summed E-state index contributed by atoms with van der Waals surface area (Å²) >= 11 is 0. The zero-order chi connectivity index (χ0) is 31.1. The highest BCUT2D eigenvalue weighted by Crippen LogP contribution is 2.37. The Kier molecular flexibility index (Phi) is 14.9. The van der Waals surface area contributed by atoms with Crippen LogP contribution in [0.25, 0.3) is 0 Å². The molecule has 0 bridgehead atoms. The zero-order valence-electron chi connectivity index (χ0n) is 25.0. The van der Waals surface area contributed by atoms with Gasteiger partial charge in [0, 0.05) is 11.8 Å². The molecular weight excluding hydrogens is 550 g/mol. The molecule has 1 aliphatic rings. The number of aliphatic carboxylic acids is 1. The van der Waals surface area contributed by atoms with Gasteiger partial charge in [-0.05, 0) is 63.1 Å². The van der Waals surface area contributed by atoms with Crippen molar-refractivity contribution in [1.29, 1.82) is 0 Å². The number of nitrogens with two attached hydrogens (primary N) is 1. The second-order valence-electron chi connectivity index (χ2n) is 10.5. The molecule has 1 aromatic rings. The summed E-state index contributed by atoms with van der Waals surface area (Å²) < 4.78 is 31.7. The second kappa shape index (κ2) is 18.1. The van der Waals surface area contributed by atoms with Crippen LogP contribution in [0.15, 0.2) is 18.2 Å². The summed E-state index contributed by atoms with van der Waals surface area (Å²) in [6.45, 7) is 7.47. The van der Waals surface area contributed by atoms with Gasteiger partial charge in [0.15, 0.2) is 11.5 Å². The van der Waals surface area contributed by atoms with Gasteiger partial charge in [-0.2, -0.15) is 0 Å². The fourth-order valence-electron chi connectivity index (χ4n) is 4.62. The van der Waals surface area contributed by atoms with Gasteiger partial charge in [-0.3, -0.25) is 4.79 Å². The average molecular weight is 596 g/mol. The van der Waals surface area contributed by atoms with Crippen LogP contribution in [-0.4, -0.2) is 61.0 Å². The Morgan fingerprint density at radius 2 is 1.45 bits per heavy atom. The summed E-state index contributed by atoms with van der Waals surface area (Å²) in [6, 6.07) is 2.78. The van der Waals surface area contributed by atoms with Crippen LogP contribution in [0.3, 0.4) is 0 Å². The van der Waals surface area contributed by atoms with E-state index in [0.29, 0.717) is 18.4 Å². The average Bonchev–Trinajstić information content (AvgIpc) is 2.95. The summed E-state index contributed by atoms with van der Waals surface area (Å²) in [5, 5.41) is 9.81. The summed E-state index contributed by atoms with van der Waals surface area (Å²) in [5.74, 6) is -3.15. The largest absolute Gasteiger partial charge is 0.513 e. The first-order valence-electron chi connectivity index (χ1n) is 14.8. The van der Waals surface area contributed by atoms with Crippen molar-refractivity contribution in [2.45, 2.75) is 110 Å². The van der Waals surface area contributed by atoms with Gasteiger partial charge in [-0.15, -0.1) is 0 Å². The molecule has 0 saturated heterocycles. The monoisotopic (exact) mass is 595 g/mol. The van der Waals surface area contributed by atoms with Gasteiger partial charge in [-0.1, -0.05) is 46.1 Å². The molecule has 1 fully saturated rings. The second-order valence-corrected chi connectivity index (χ2v) is 10.5. The first-order valence-corrected chi connectivity index (χ1v) is 14.8. The zero-order valence-corrected chi connectivity index (χ0v) is 25.0. The van der Waals surface area contributed by atoms with Gasteiger partial charge in [0.25, 0.3) is 0 Å². The Labute approximate surface area is 247 Å². The van der Waals surface area contributed by atoms with Crippen LogP contribution in [-0.2, 0) is 23.7 Å². The third-order valence-electron chi connectivity index (χ3n) is 7.25. The number of carbonyl (C=O) groups is 4. The third kappa shape index (κ3) is 11.4. The molecule has 12 nitrogen and oxygen atoms in total. The molecule has 0 aromatic heterocycles. The summed E-state index contributed by atoms with van der Waals surface area (Å²) in [6.07, 6.45) is 3.63. The SMILES string of the molecule is CCCCOC(=O)Oc1ccc(C(C(C)C(C)OC(=O)OC2CCCCC2)[C@H](N)C(=O)O)cc1OC(=O)OCCCC. The van der Waals surface area contributed by atoms with Crippen LogP contribution in [0.1, 0.15) is 97.0 Å². The highest BCUT2D eigenvalue weighted by Gasteiger charge is 2.36. The molecule has 1 aliphatic carbocycles. The normalized spacial score (nSPS) is 16.3. The molecule has 0 amide bonds. The molecule has 0 heterocycles. The lowest BCUT2D eigenvalue weighted by Crippen LogP contribution is -2.43. The van der Waals surface area contributed by atoms with E-state index in [1.54, 1.807) is 13.8 Å². The van der Waals surface area contributed by atoms with Crippen molar-refractivity contribution in [1.82, 2.24) is 0 Å². The first-order chi connectivity index (χ1) is 20.1. The molecular formula is C30H45NO11. The van der Waals surface area contributed by atoms with Crippen LogP contribution in [0, 0.1) is 5.92 Å². The van der Waals surface area contributed by atoms with Crippen molar-refractivity contribution < 1.29 is 52.7 Å². The summed E-state index contributed by atoms with van der Waals surface area (Å²) in [4.78, 5) is 49.1. The number of carboxylic acids is 1. The molecule has 3 unspecified atom stereocenters. The Bertz CT molecular complexity index is 1020. The number of carboxylic acid groups (broad SMARTS) is 1. The Morgan fingerprint density at radius 3 is 2.00 bits per heavy atom. The summed E-state index contributed by atoms with van der Waals surface area (Å²) in [5.41, 5.74) is 6.47. The smallest absolute Gasteiger partial charge is 0.480 e. The minimum absolute atomic E-state index is 0.125. The minimum atomic E-state index is -1.42. The van der Waals surface area contributed by atoms with E-state index in [1.165, 1.54) is 18.2 Å². The van der Waals surface area contributed by atoms with E-state index in [1.807, 2.05) is 13.8 Å². The van der Waals surface area contributed by atoms with E-state index in [0.717, 1.165) is 44.9 Å². The molecule has 4 atom stereocenters. The van der Waals surface area contributed by atoms with Crippen LogP contribution in [0.4, 0.5) is 14.4 Å². The van der Waals surface area contributed by atoms with Crippen molar-refractivity contribution in [2.24, 2.45) is 11.7 Å². The number of hydrogen-bond donors (Lipinski definition) is 2.